The molecule has 2 aromatic carbocycles. The molecule has 2 rings (SSSR count). The summed E-state index contributed by atoms with van der Waals surface area (Å²) in [5.41, 5.74) is 0.393. The smallest absolute Gasteiger partial charge is 0.328 e. The zero-order valence-corrected chi connectivity index (χ0v) is 17.9. The van der Waals surface area contributed by atoms with E-state index in [1.807, 2.05) is 6.07 Å². The van der Waals surface area contributed by atoms with Gasteiger partial charge in [-0.1, -0.05) is 50.1 Å². The summed E-state index contributed by atoms with van der Waals surface area (Å²) in [6, 6.07) is 13.2. The molecule has 0 heterocycles. The van der Waals surface area contributed by atoms with Gasteiger partial charge in [0, 0.05) is 25.2 Å². The number of rotatable bonds is 7. The highest BCUT2D eigenvalue weighted by Crippen LogP contribution is 2.20. The Morgan fingerprint density at radius 3 is 2.31 bits per heavy atom. The van der Waals surface area contributed by atoms with Crippen molar-refractivity contribution in [3.8, 4) is 0 Å². The number of esters is 1. The van der Waals surface area contributed by atoms with Gasteiger partial charge in [-0.2, -0.15) is 0 Å². The van der Waals surface area contributed by atoms with E-state index in [1.54, 1.807) is 42.5 Å². The van der Waals surface area contributed by atoms with Gasteiger partial charge in [0.1, 0.15) is 6.04 Å². The zero-order chi connectivity index (χ0) is 19.1. The fourth-order valence-electron chi connectivity index (χ4n) is 2.23. The van der Waals surface area contributed by atoms with Gasteiger partial charge in [0.05, 0.1) is 17.9 Å². The molecule has 5 nitrogen and oxygen atoms in total. The van der Waals surface area contributed by atoms with Crippen molar-refractivity contribution in [2.75, 3.05) is 12.9 Å². The Labute approximate surface area is 171 Å². The fraction of sp³-hybridized carbons (Fsp3) is 0.222. The lowest BCUT2D eigenvalue weighted by Gasteiger charge is -2.16. The predicted octanol–water partition coefficient (Wildman–Crippen LogP) is 3.68. The average Bonchev–Trinajstić information content (AvgIpc) is 2.63. The Bertz CT molecular complexity index is 794. The molecular formula is C18H17Br2NO4S. The lowest BCUT2D eigenvalue weighted by Crippen LogP contribution is -2.42. The summed E-state index contributed by atoms with van der Waals surface area (Å²) in [7, 11) is -0.00793. The third-order valence-electron chi connectivity index (χ3n) is 3.51. The van der Waals surface area contributed by atoms with Crippen LogP contribution >= 0.6 is 31.9 Å². The van der Waals surface area contributed by atoms with Crippen molar-refractivity contribution in [1.29, 1.82) is 0 Å². The first kappa shape index (κ1) is 20.8. The maximum atomic E-state index is 12.5. The van der Waals surface area contributed by atoms with E-state index in [-0.39, 0.29) is 12.2 Å². The third-order valence-corrected chi connectivity index (χ3v) is 5.83. The SMILES string of the molecule is COC(=O)[C@H](CC[S@](=O)c1ccccc1)NC(=O)c1cc(Br)cc(Br)c1. The molecule has 0 saturated carbocycles. The minimum atomic E-state index is -1.26. The Kier molecular flexibility index (Phi) is 7.99. The van der Waals surface area contributed by atoms with Crippen molar-refractivity contribution in [2.24, 2.45) is 0 Å². The average molecular weight is 503 g/mol. The predicted molar refractivity (Wildman–Crippen MR) is 107 cm³/mol. The number of hydrogen-bond donors (Lipinski definition) is 1. The Balaban J connectivity index is 2.06. The van der Waals surface area contributed by atoms with Gasteiger partial charge in [-0.15, -0.1) is 0 Å². The number of benzene rings is 2. The number of nitrogens with one attached hydrogen (secondary N) is 1. The lowest BCUT2D eigenvalue weighted by molar-refractivity contribution is -0.142. The van der Waals surface area contributed by atoms with Gasteiger partial charge in [-0.05, 0) is 36.8 Å². The lowest BCUT2D eigenvalue weighted by atomic mass is 10.1. The first-order valence-electron chi connectivity index (χ1n) is 7.69. The Morgan fingerprint density at radius 1 is 1.12 bits per heavy atom. The second kappa shape index (κ2) is 9.99. The van der Waals surface area contributed by atoms with E-state index in [0.29, 0.717) is 10.5 Å². The first-order chi connectivity index (χ1) is 12.4. The highest BCUT2D eigenvalue weighted by Gasteiger charge is 2.23. The summed E-state index contributed by atoms with van der Waals surface area (Å²) in [6.45, 7) is 0. The summed E-state index contributed by atoms with van der Waals surface area (Å²) in [5, 5.41) is 2.66. The van der Waals surface area contributed by atoms with Crippen molar-refractivity contribution in [2.45, 2.75) is 17.4 Å². The van der Waals surface area contributed by atoms with Gasteiger partial charge in [0.25, 0.3) is 5.91 Å². The van der Waals surface area contributed by atoms with Gasteiger partial charge in [-0.25, -0.2) is 4.79 Å². The zero-order valence-electron chi connectivity index (χ0n) is 13.9. The van der Waals surface area contributed by atoms with E-state index in [1.165, 1.54) is 7.11 Å². The molecule has 0 spiro atoms. The summed E-state index contributed by atoms with van der Waals surface area (Å²) in [6.07, 6.45) is 0.203. The van der Waals surface area contributed by atoms with Crippen LogP contribution in [0.3, 0.4) is 0 Å². The molecule has 1 amide bonds. The summed E-state index contributed by atoms with van der Waals surface area (Å²) < 4.78 is 18.6. The molecule has 0 unspecified atom stereocenters. The second-order valence-corrected chi connectivity index (χ2v) is 8.76. The van der Waals surface area contributed by atoms with Crippen LogP contribution in [-0.4, -0.2) is 35.0 Å². The topological polar surface area (TPSA) is 72.5 Å². The van der Waals surface area contributed by atoms with Crippen molar-refractivity contribution >= 4 is 54.5 Å². The molecule has 0 bridgehead atoms. The van der Waals surface area contributed by atoms with Crippen molar-refractivity contribution in [3.63, 3.8) is 0 Å². The van der Waals surface area contributed by atoms with Crippen molar-refractivity contribution < 1.29 is 18.5 Å². The molecule has 8 heteroatoms. The minimum absolute atomic E-state index is 0.203. The van der Waals surface area contributed by atoms with E-state index in [9.17, 15) is 13.8 Å². The molecule has 0 aliphatic carbocycles. The van der Waals surface area contributed by atoms with Crippen LogP contribution in [0.1, 0.15) is 16.8 Å². The summed E-state index contributed by atoms with van der Waals surface area (Å²) in [5.74, 6) is -0.753. The van der Waals surface area contributed by atoms with Gasteiger partial charge < -0.3 is 10.1 Å². The highest BCUT2D eigenvalue weighted by molar-refractivity contribution is 9.11. The first-order valence-corrected chi connectivity index (χ1v) is 10.6. The number of carbonyl (C=O) groups is 2. The maximum Gasteiger partial charge on any atom is 0.328 e. The minimum Gasteiger partial charge on any atom is -0.467 e. The van der Waals surface area contributed by atoms with E-state index in [2.05, 4.69) is 37.2 Å². The molecule has 0 fully saturated rings. The quantitative estimate of drug-likeness (QED) is 0.586. The van der Waals surface area contributed by atoms with Crippen LogP contribution in [-0.2, 0) is 20.3 Å². The highest BCUT2D eigenvalue weighted by atomic mass is 79.9. The molecule has 26 heavy (non-hydrogen) atoms. The molecule has 0 saturated heterocycles. The fourth-order valence-corrected chi connectivity index (χ4v) is 4.67. The number of hydrogen-bond acceptors (Lipinski definition) is 4. The van der Waals surface area contributed by atoms with Crippen LogP contribution in [0, 0.1) is 0 Å². The number of carbonyl (C=O) groups excluding carboxylic acids is 2. The molecule has 0 aliphatic heterocycles. The normalized spacial score (nSPS) is 12.9. The summed E-state index contributed by atoms with van der Waals surface area (Å²) in [4.78, 5) is 25.1. The van der Waals surface area contributed by atoms with Gasteiger partial charge in [0.15, 0.2) is 0 Å². The van der Waals surface area contributed by atoms with E-state index >= 15 is 0 Å². The number of halogens is 2. The molecular weight excluding hydrogens is 486 g/mol. The molecule has 0 aliphatic rings. The van der Waals surface area contributed by atoms with Gasteiger partial charge in [-0.3, -0.25) is 9.00 Å². The van der Waals surface area contributed by atoms with Gasteiger partial charge >= 0.3 is 5.97 Å². The van der Waals surface area contributed by atoms with Crippen LogP contribution in [0.25, 0.3) is 0 Å². The van der Waals surface area contributed by atoms with Gasteiger partial charge in [0.2, 0.25) is 0 Å². The van der Waals surface area contributed by atoms with Crippen LogP contribution in [0.15, 0.2) is 62.4 Å². The number of ether oxygens (including phenoxy) is 1. The molecule has 0 radical (unpaired) electrons. The van der Waals surface area contributed by atoms with Crippen LogP contribution in [0.2, 0.25) is 0 Å². The van der Waals surface area contributed by atoms with E-state index in [4.69, 9.17) is 4.74 Å². The number of amides is 1. The Morgan fingerprint density at radius 2 is 1.73 bits per heavy atom. The van der Waals surface area contributed by atoms with Crippen LogP contribution in [0.4, 0.5) is 0 Å². The maximum absolute atomic E-state index is 12.5. The van der Waals surface area contributed by atoms with Crippen molar-refractivity contribution in [1.82, 2.24) is 5.32 Å². The largest absolute Gasteiger partial charge is 0.467 e. The molecule has 2 atom stereocenters. The van der Waals surface area contributed by atoms with E-state index < -0.39 is 28.7 Å². The van der Waals surface area contributed by atoms with Crippen LogP contribution in [0.5, 0.6) is 0 Å². The third kappa shape index (κ3) is 6.03. The molecule has 1 N–H and O–H groups in total. The van der Waals surface area contributed by atoms with E-state index in [0.717, 1.165) is 8.95 Å². The monoisotopic (exact) mass is 501 g/mol. The second-order valence-electron chi connectivity index (χ2n) is 5.36. The standard InChI is InChI=1S/C18H17Br2NO4S/c1-25-18(23)16(7-8-26(24)15-5-3-2-4-6-15)21-17(22)12-9-13(19)11-14(20)10-12/h2-6,9-11,16H,7-8H2,1H3,(H,21,22)/t16-,26-/m0/s1. The molecule has 0 aromatic heterocycles. The Hall–Kier alpha value is -1.51. The molecule has 2 aromatic rings. The van der Waals surface area contributed by atoms with Crippen LogP contribution < -0.4 is 5.32 Å². The number of methoxy groups -OCH3 is 1. The summed E-state index contributed by atoms with van der Waals surface area (Å²) >= 11 is 6.65. The molecule has 138 valence electrons. The van der Waals surface area contributed by atoms with Crippen molar-refractivity contribution in [3.05, 3.63) is 63.0 Å².